The van der Waals surface area contributed by atoms with Gasteiger partial charge in [0.15, 0.2) is 12.4 Å². The zero-order valence-corrected chi connectivity index (χ0v) is 32.0. The second-order valence-corrected chi connectivity index (χ2v) is 12.9. The number of ketones is 3. The lowest BCUT2D eigenvalue weighted by molar-refractivity contribution is -0.120. The van der Waals surface area contributed by atoms with Crippen LogP contribution in [0.5, 0.6) is 11.5 Å². The van der Waals surface area contributed by atoms with Gasteiger partial charge in [0.1, 0.15) is 11.5 Å². The van der Waals surface area contributed by atoms with Crippen LogP contribution in [0.1, 0.15) is 50.2 Å². The topological polar surface area (TPSA) is 220 Å². The SMILES string of the molecule is CC(=O)C(=O)c1c(C)n(Cc2ccccc2)c2cccc(OCC(N)=O)c12.Cc1c(C(=O)C(N)=O)c2c(O)cccc2n1Cc1ccccc1.NC(=O)CBr. The van der Waals surface area contributed by atoms with E-state index in [-0.39, 0.29) is 29.2 Å². The summed E-state index contributed by atoms with van der Waals surface area (Å²) in [6.45, 7) is 5.55. The number of nitrogens with zero attached hydrogens (tertiary/aromatic N) is 2. The van der Waals surface area contributed by atoms with E-state index < -0.39 is 29.2 Å². The molecule has 4 aromatic carbocycles. The lowest BCUT2D eigenvalue weighted by Gasteiger charge is -2.09. The molecule has 7 N–H and O–H groups in total. The number of Topliss-reactive ketones (excluding diaryl/α,β-unsaturated/α-hetero) is 3. The lowest BCUT2D eigenvalue weighted by Crippen LogP contribution is -2.23. The van der Waals surface area contributed by atoms with Crippen molar-refractivity contribution in [2.45, 2.75) is 33.9 Å². The minimum absolute atomic E-state index is 0.0398. The first kappa shape index (κ1) is 41.2. The smallest absolute Gasteiger partial charge is 0.289 e. The first-order valence-electron chi connectivity index (χ1n) is 16.8. The van der Waals surface area contributed by atoms with E-state index in [1.807, 2.05) is 81.9 Å². The summed E-state index contributed by atoms with van der Waals surface area (Å²) in [7, 11) is 0. The third kappa shape index (κ3) is 9.72. The average molecular weight is 811 g/mol. The Balaban J connectivity index is 0.000000220. The summed E-state index contributed by atoms with van der Waals surface area (Å²) in [6.07, 6.45) is 0. The molecule has 0 unspecified atom stereocenters. The second-order valence-electron chi connectivity index (χ2n) is 12.3. The van der Waals surface area contributed by atoms with Crippen molar-refractivity contribution < 1.29 is 38.6 Å². The Hall–Kier alpha value is -6.54. The fourth-order valence-corrected chi connectivity index (χ4v) is 6.06. The van der Waals surface area contributed by atoms with Crippen molar-refractivity contribution in [1.29, 1.82) is 0 Å². The van der Waals surface area contributed by atoms with E-state index in [9.17, 15) is 33.9 Å². The number of benzene rings is 4. The molecule has 3 amide bonds. The lowest BCUT2D eigenvalue weighted by atomic mass is 10.0. The molecule has 14 heteroatoms. The number of carbonyl (C=O) groups excluding carboxylic acids is 6. The highest BCUT2D eigenvalue weighted by Crippen LogP contribution is 2.35. The van der Waals surface area contributed by atoms with Crippen LogP contribution in [0, 0.1) is 13.8 Å². The van der Waals surface area contributed by atoms with E-state index in [4.69, 9.17) is 16.2 Å². The first-order chi connectivity index (χ1) is 26.2. The molecule has 0 aliphatic carbocycles. The molecule has 0 saturated heterocycles. The summed E-state index contributed by atoms with van der Waals surface area (Å²) >= 11 is 2.84. The number of phenols is 1. The van der Waals surface area contributed by atoms with Gasteiger partial charge >= 0.3 is 0 Å². The number of halogens is 1. The van der Waals surface area contributed by atoms with Crippen LogP contribution < -0.4 is 21.9 Å². The van der Waals surface area contributed by atoms with Crippen LogP contribution in [-0.4, -0.2) is 61.2 Å². The molecule has 0 spiro atoms. The number of ether oxygens (including phenoxy) is 1. The monoisotopic (exact) mass is 809 g/mol. The maximum atomic E-state index is 12.6. The van der Waals surface area contributed by atoms with E-state index in [1.54, 1.807) is 32.0 Å². The van der Waals surface area contributed by atoms with Crippen LogP contribution in [0.3, 0.4) is 0 Å². The molecule has 2 aromatic heterocycles. The molecule has 0 radical (unpaired) electrons. The van der Waals surface area contributed by atoms with Crippen molar-refractivity contribution in [2.75, 3.05) is 11.9 Å². The number of rotatable bonds is 12. The Morgan fingerprint density at radius 3 is 1.53 bits per heavy atom. The van der Waals surface area contributed by atoms with Crippen LogP contribution >= 0.6 is 15.9 Å². The van der Waals surface area contributed by atoms with Gasteiger partial charge in [-0.15, -0.1) is 0 Å². The molecule has 284 valence electrons. The Kier molecular flexibility index (Phi) is 13.8. The largest absolute Gasteiger partial charge is 0.507 e. The van der Waals surface area contributed by atoms with E-state index >= 15 is 0 Å². The molecule has 0 fully saturated rings. The third-order valence-corrected chi connectivity index (χ3v) is 9.06. The van der Waals surface area contributed by atoms with Gasteiger partial charge in [0.25, 0.3) is 17.6 Å². The molecule has 0 saturated carbocycles. The zero-order valence-electron chi connectivity index (χ0n) is 30.4. The van der Waals surface area contributed by atoms with Crippen molar-refractivity contribution in [2.24, 2.45) is 17.2 Å². The van der Waals surface area contributed by atoms with Crippen LogP contribution in [0.2, 0.25) is 0 Å². The average Bonchev–Trinajstić information content (AvgIpc) is 3.61. The highest BCUT2D eigenvalue weighted by molar-refractivity contribution is 9.09. The van der Waals surface area contributed by atoms with Crippen LogP contribution in [0.15, 0.2) is 97.1 Å². The number of nitrogens with two attached hydrogens (primary N) is 3. The van der Waals surface area contributed by atoms with Crippen LogP contribution in [0.4, 0.5) is 0 Å². The normalized spacial score (nSPS) is 10.5. The van der Waals surface area contributed by atoms with Crippen molar-refractivity contribution in [3.8, 4) is 11.5 Å². The number of amides is 3. The molecule has 6 rings (SSSR count). The van der Waals surface area contributed by atoms with Crippen LogP contribution in [0.25, 0.3) is 21.8 Å². The Labute approximate surface area is 324 Å². The standard InChI is InChI=1S/C21H20N2O4.C18H16N2O3.C2H4BrNO/c1-13-19(21(26)14(2)24)20-16(9-6-10-17(20)27-12-18(22)25)23(13)11-15-7-4-3-5-8-15;1-11-15(17(22)18(19)23)16-13(8-5-9-14(16)21)20(11)10-12-6-3-2-4-7-12;3-1-2(4)5/h3-10H,11-12H2,1-2H3,(H2,22,25);2-9,21H,10H2,1H3,(H2,19,23);1H2,(H2,4,5). The molecular weight excluding hydrogens is 770 g/mol. The fourth-order valence-electron chi connectivity index (χ4n) is 6.06. The third-order valence-electron chi connectivity index (χ3n) is 8.51. The highest BCUT2D eigenvalue weighted by Gasteiger charge is 2.27. The predicted octanol–water partition coefficient (Wildman–Crippen LogP) is 4.87. The first-order valence-corrected chi connectivity index (χ1v) is 17.9. The molecule has 6 aromatic rings. The Morgan fingerprint density at radius 2 is 1.09 bits per heavy atom. The summed E-state index contributed by atoms with van der Waals surface area (Å²) < 4.78 is 9.39. The number of hydrogen-bond donors (Lipinski definition) is 4. The Bertz CT molecular complexity index is 2400. The highest BCUT2D eigenvalue weighted by atomic mass is 79.9. The van der Waals surface area contributed by atoms with Gasteiger partial charge in [-0.05, 0) is 49.2 Å². The number of aromatic hydroxyl groups is 1. The number of aromatic nitrogens is 2. The van der Waals surface area contributed by atoms with Gasteiger partial charge in [0, 0.05) is 31.4 Å². The predicted molar refractivity (Wildman–Crippen MR) is 212 cm³/mol. The van der Waals surface area contributed by atoms with Gasteiger partial charge in [0.2, 0.25) is 11.7 Å². The van der Waals surface area contributed by atoms with E-state index in [0.717, 1.165) is 16.6 Å². The maximum Gasteiger partial charge on any atom is 0.289 e. The van der Waals surface area contributed by atoms with Crippen molar-refractivity contribution >= 4 is 72.8 Å². The van der Waals surface area contributed by atoms with Crippen molar-refractivity contribution in [1.82, 2.24) is 9.13 Å². The van der Waals surface area contributed by atoms with Gasteiger partial charge in [-0.3, -0.25) is 28.8 Å². The number of fused-ring (bicyclic) bond motifs is 2. The molecule has 55 heavy (non-hydrogen) atoms. The molecule has 0 aliphatic rings. The molecular formula is C41H40BrN5O8. The molecule has 0 atom stereocenters. The van der Waals surface area contributed by atoms with E-state index in [2.05, 4.69) is 21.7 Å². The summed E-state index contributed by atoms with van der Waals surface area (Å²) in [5.74, 6) is -3.60. The number of hydrogen-bond acceptors (Lipinski definition) is 8. The number of phenolic OH excluding ortho intramolecular Hbond substituents is 1. The maximum absolute atomic E-state index is 12.6. The summed E-state index contributed by atoms with van der Waals surface area (Å²) in [6, 6.07) is 29.9. The summed E-state index contributed by atoms with van der Waals surface area (Å²) in [5.41, 5.74) is 20.2. The minimum atomic E-state index is -1.03. The van der Waals surface area contributed by atoms with Crippen molar-refractivity contribution in [3.63, 3.8) is 0 Å². The number of primary amides is 3. The number of carbonyl (C=O) groups is 6. The molecule has 0 aliphatic heterocycles. The second kappa shape index (κ2) is 18.5. The van der Waals surface area contributed by atoms with Crippen molar-refractivity contribution in [3.05, 3.63) is 131 Å². The molecule has 0 bridgehead atoms. The van der Waals surface area contributed by atoms with Gasteiger partial charge < -0.3 is 36.2 Å². The minimum Gasteiger partial charge on any atom is -0.507 e. The van der Waals surface area contributed by atoms with Gasteiger partial charge in [0.05, 0.1) is 38.3 Å². The quantitative estimate of drug-likeness (QED) is 0.0757. The molecule has 2 heterocycles. The Morgan fingerprint density at radius 1 is 0.636 bits per heavy atom. The summed E-state index contributed by atoms with van der Waals surface area (Å²) in [5, 5.41) is 11.3. The van der Waals surface area contributed by atoms with E-state index in [1.165, 1.54) is 13.0 Å². The number of alkyl halides is 1. The van der Waals surface area contributed by atoms with Crippen LogP contribution in [-0.2, 0) is 32.3 Å². The zero-order chi connectivity index (χ0) is 40.4. The van der Waals surface area contributed by atoms with Gasteiger partial charge in [-0.1, -0.05) is 88.7 Å². The van der Waals surface area contributed by atoms with Gasteiger partial charge in [-0.2, -0.15) is 0 Å². The van der Waals surface area contributed by atoms with Gasteiger partial charge in [-0.25, -0.2) is 0 Å². The summed E-state index contributed by atoms with van der Waals surface area (Å²) in [4.78, 5) is 68.7. The van der Waals surface area contributed by atoms with E-state index in [0.29, 0.717) is 52.1 Å². The fraction of sp³-hybridized carbons (Fsp3) is 0.171. The molecule has 13 nitrogen and oxygen atoms in total.